The first-order chi connectivity index (χ1) is 8.65. The fraction of sp³-hybridized carbons (Fsp3) is 0.417. The van der Waals surface area contributed by atoms with Gasteiger partial charge in [-0.15, -0.1) is 0 Å². The van der Waals surface area contributed by atoms with Crippen LogP contribution in [0.2, 0.25) is 5.02 Å². The highest BCUT2D eigenvalue weighted by molar-refractivity contribution is 7.92. The summed E-state index contributed by atoms with van der Waals surface area (Å²) >= 11 is 5.67. The zero-order chi connectivity index (χ0) is 14.8. The number of hydrogen-bond donors (Lipinski definition) is 1. The first kappa shape index (κ1) is 15.9. The second kappa shape index (κ2) is 5.88. The lowest BCUT2D eigenvalue weighted by Crippen LogP contribution is -2.35. The largest absolute Gasteiger partial charge is 0.480 e. The van der Waals surface area contributed by atoms with E-state index in [4.69, 9.17) is 16.7 Å². The lowest BCUT2D eigenvalue weighted by atomic mass is 10.1. The van der Waals surface area contributed by atoms with Crippen molar-refractivity contribution in [1.29, 1.82) is 0 Å². The Morgan fingerprint density at radius 2 is 2.00 bits per heavy atom. The molecule has 0 fully saturated rings. The number of benzene rings is 1. The van der Waals surface area contributed by atoms with Gasteiger partial charge in [-0.1, -0.05) is 25.4 Å². The summed E-state index contributed by atoms with van der Waals surface area (Å²) in [6.07, 6.45) is 0. The summed E-state index contributed by atoms with van der Waals surface area (Å²) in [6.45, 7) is 2.98. The monoisotopic (exact) mass is 308 g/mol. The zero-order valence-electron chi connectivity index (χ0n) is 10.4. The zero-order valence-corrected chi connectivity index (χ0v) is 12.0. The minimum atomic E-state index is -4.01. The second-order valence-electron chi connectivity index (χ2n) is 4.55. The Labute approximate surface area is 116 Å². The van der Waals surface area contributed by atoms with Crippen LogP contribution in [0.1, 0.15) is 19.4 Å². The van der Waals surface area contributed by atoms with Crippen LogP contribution in [0.4, 0.5) is 4.39 Å². The third-order valence-corrected chi connectivity index (χ3v) is 5.07. The Morgan fingerprint density at radius 3 is 2.47 bits per heavy atom. The molecule has 0 aliphatic carbocycles. The van der Waals surface area contributed by atoms with E-state index in [1.54, 1.807) is 0 Å². The van der Waals surface area contributed by atoms with Crippen molar-refractivity contribution in [3.8, 4) is 0 Å². The highest BCUT2D eigenvalue weighted by atomic mass is 35.5. The van der Waals surface area contributed by atoms with E-state index in [9.17, 15) is 17.6 Å². The minimum absolute atomic E-state index is 0.126. The van der Waals surface area contributed by atoms with Gasteiger partial charge in [-0.2, -0.15) is 0 Å². The van der Waals surface area contributed by atoms with Crippen LogP contribution in [0.15, 0.2) is 18.2 Å². The number of carboxylic acids is 1. The quantitative estimate of drug-likeness (QED) is 0.907. The van der Waals surface area contributed by atoms with E-state index in [-0.39, 0.29) is 10.6 Å². The van der Waals surface area contributed by atoms with Gasteiger partial charge >= 0.3 is 5.97 Å². The molecule has 0 aliphatic heterocycles. The molecule has 0 bridgehead atoms. The van der Waals surface area contributed by atoms with Gasteiger partial charge in [-0.25, -0.2) is 12.8 Å². The highest BCUT2D eigenvalue weighted by Crippen LogP contribution is 2.22. The van der Waals surface area contributed by atoms with Crippen molar-refractivity contribution in [2.24, 2.45) is 5.92 Å². The topological polar surface area (TPSA) is 71.4 Å². The van der Waals surface area contributed by atoms with Crippen LogP contribution in [0.3, 0.4) is 0 Å². The number of halogens is 2. The molecule has 0 aliphatic rings. The van der Waals surface area contributed by atoms with E-state index in [0.29, 0.717) is 0 Å². The van der Waals surface area contributed by atoms with E-state index in [1.165, 1.54) is 26.0 Å². The molecule has 1 N–H and O–H groups in total. The summed E-state index contributed by atoms with van der Waals surface area (Å²) in [5.41, 5.74) is -0.126. The highest BCUT2D eigenvalue weighted by Gasteiger charge is 2.35. The minimum Gasteiger partial charge on any atom is -0.480 e. The lowest BCUT2D eigenvalue weighted by Gasteiger charge is -2.17. The predicted molar refractivity (Wildman–Crippen MR) is 70.3 cm³/mol. The molecule has 0 heterocycles. The number of rotatable bonds is 5. The maximum absolute atomic E-state index is 13.5. The number of aliphatic carboxylic acids is 1. The molecule has 1 atom stereocenters. The molecule has 0 saturated carbocycles. The van der Waals surface area contributed by atoms with E-state index >= 15 is 0 Å². The van der Waals surface area contributed by atoms with Gasteiger partial charge in [0, 0.05) is 10.6 Å². The van der Waals surface area contributed by atoms with Gasteiger partial charge < -0.3 is 5.11 Å². The summed E-state index contributed by atoms with van der Waals surface area (Å²) in [7, 11) is -4.01. The molecule has 1 aromatic rings. The summed E-state index contributed by atoms with van der Waals surface area (Å²) in [5.74, 6) is -3.45. The van der Waals surface area contributed by atoms with Crippen LogP contribution >= 0.6 is 11.6 Å². The molecule has 7 heteroatoms. The molecular formula is C12H14ClFO4S. The van der Waals surface area contributed by atoms with Gasteiger partial charge in [0.25, 0.3) is 0 Å². The predicted octanol–water partition coefficient (Wildman–Crippen LogP) is 2.50. The third-order valence-electron chi connectivity index (χ3n) is 2.60. The fourth-order valence-corrected chi connectivity index (χ4v) is 3.98. The van der Waals surface area contributed by atoms with Gasteiger partial charge in [0.15, 0.2) is 15.1 Å². The number of carboxylic acid groups (broad SMARTS) is 1. The molecule has 1 aromatic carbocycles. The molecule has 106 valence electrons. The molecule has 0 saturated heterocycles. The smallest absolute Gasteiger partial charge is 0.322 e. The Balaban J connectivity index is 3.15. The van der Waals surface area contributed by atoms with Gasteiger partial charge in [-0.05, 0) is 24.1 Å². The van der Waals surface area contributed by atoms with E-state index in [0.717, 1.165) is 6.07 Å². The number of sulfone groups is 1. The molecule has 1 rings (SSSR count). The van der Waals surface area contributed by atoms with Crippen LogP contribution in [-0.2, 0) is 20.4 Å². The summed E-state index contributed by atoms with van der Waals surface area (Å²) in [6, 6.07) is 3.54. The number of carbonyl (C=O) groups is 1. The van der Waals surface area contributed by atoms with Crippen molar-refractivity contribution in [1.82, 2.24) is 0 Å². The van der Waals surface area contributed by atoms with Crippen molar-refractivity contribution in [2.75, 3.05) is 0 Å². The van der Waals surface area contributed by atoms with Crippen LogP contribution in [0.5, 0.6) is 0 Å². The molecule has 1 unspecified atom stereocenters. The van der Waals surface area contributed by atoms with Gasteiger partial charge in [-0.3, -0.25) is 4.79 Å². The third kappa shape index (κ3) is 3.91. The van der Waals surface area contributed by atoms with Crippen molar-refractivity contribution in [3.05, 3.63) is 34.6 Å². The van der Waals surface area contributed by atoms with Gasteiger partial charge in [0.1, 0.15) is 5.82 Å². The average Bonchev–Trinajstić information content (AvgIpc) is 2.21. The maximum Gasteiger partial charge on any atom is 0.322 e. The first-order valence-electron chi connectivity index (χ1n) is 5.53. The van der Waals surface area contributed by atoms with Gasteiger partial charge in [0.2, 0.25) is 0 Å². The molecule has 19 heavy (non-hydrogen) atoms. The fourth-order valence-electron chi connectivity index (χ4n) is 1.81. The van der Waals surface area contributed by atoms with Crippen LogP contribution < -0.4 is 0 Å². The maximum atomic E-state index is 13.5. The Bertz CT molecular complexity index is 583. The Kier molecular flexibility index (Phi) is 4.92. The lowest BCUT2D eigenvalue weighted by molar-refractivity contribution is -0.137. The summed E-state index contributed by atoms with van der Waals surface area (Å²) in [5, 5.41) is 7.62. The molecular weight excluding hydrogens is 295 g/mol. The van der Waals surface area contributed by atoms with Gasteiger partial charge in [0.05, 0.1) is 5.75 Å². The normalized spacial score (nSPS) is 13.5. The van der Waals surface area contributed by atoms with Crippen LogP contribution in [0, 0.1) is 11.7 Å². The van der Waals surface area contributed by atoms with Crippen molar-refractivity contribution in [3.63, 3.8) is 0 Å². The summed E-state index contributed by atoms with van der Waals surface area (Å²) in [4.78, 5) is 11.0. The molecule has 0 spiro atoms. The molecule has 0 amide bonds. The molecule has 4 nitrogen and oxygen atoms in total. The Morgan fingerprint density at radius 1 is 1.42 bits per heavy atom. The second-order valence-corrected chi connectivity index (χ2v) is 7.10. The van der Waals surface area contributed by atoms with Crippen LogP contribution in [0.25, 0.3) is 0 Å². The first-order valence-corrected chi connectivity index (χ1v) is 7.63. The van der Waals surface area contributed by atoms with Crippen molar-refractivity contribution >= 4 is 27.4 Å². The number of hydrogen-bond acceptors (Lipinski definition) is 3. The standard InChI is InChI=1S/C12H14ClFO4S/c1-7(2)11(12(15)16)19(17,18)6-8-5-9(13)3-4-10(8)14/h3-5,7,11H,6H2,1-2H3,(H,15,16). The van der Waals surface area contributed by atoms with Crippen LogP contribution in [-0.4, -0.2) is 24.7 Å². The summed E-state index contributed by atoms with van der Waals surface area (Å²) < 4.78 is 37.6. The van der Waals surface area contributed by atoms with Crippen molar-refractivity contribution < 1.29 is 22.7 Å². The van der Waals surface area contributed by atoms with E-state index < -0.39 is 38.5 Å². The average molecular weight is 309 g/mol. The SMILES string of the molecule is CC(C)C(C(=O)O)S(=O)(=O)Cc1cc(Cl)ccc1F. The van der Waals surface area contributed by atoms with E-state index in [2.05, 4.69) is 0 Å². The van der Waals surface area contributed by atoms with E-state index in [1.807, 2.05) is 0 Å². The van der Waals surface area contributed by atoms with Crippen molar-refractivity contribution in [2.45, 2.75) is 24.9 Å². The molecule has 0 aromatic heterocycles. The Hall–Kier alpha value is -1.14. The molecule has 0 radical (unpaired) electrons.